The second-order valence-electron chi connectivity index (χ2n) is 4.02. The predicted octanol–water partition coefficient (Wildman–Crippen LogP) is 2.75. The Labute approximate surface area is 152 Å². The monoisotopic (exact) mass is 530 g/mol. The Morgan fingerprint density at radius 2 is 2.24 bits per heavy atom. The van der Waals surface area contributed by atoms with E-state index in [1.807, 2.05) is 28.7 Å². The second-order valence-corrected chi connectivity index (χ2v) is 6.84. The first-order valence-corrected chi connectivity index (χ1v) is 8.12. The van der Waals surface area contributed by atoms with Gasteiger partial charge in [-0.05, 0) is 57.3 Å². The van der Waals surface area contributed by atoms with Crippen LogP contribution >= 0.6 is 56.8 Å². The third kappa shape index (κ3) is 4.07. The average molecular weight is 530 g/mol. The zero-order valence-corrected chi connectivity index (χ0v) is 15.7. The molecule has 21 heavy (non-hydrogen) atoms. The molecular weight excluding hydrogens is 521 g/mol. The fourth-order valence-corrected chi connectivity index (χ4v) is 3.67. The van der Waals surface area contributed by atoms with E-state index in [2.05, 4.69) is 38.2 Å². The van der Waals surface area contributed by atoms with Crippen LogP contribution in [0.25, 0.3) is 0 Å². The molecule has 0 saturated carbocycles. The van der Waals surface area contributed by atoms with Crippen molar-refractivity contribution in [1.29, 1.82) is 0 Å². The van der Waals surface area contributed by atoms with Crippen LogP contribution in [0.15, 0.2) is 23.4 Å². The number of aromatic nitrogens is 2. The third-order valence-electron chi connectivity index (χ3n) is 2.43. The van der Waals surface area contributed by atoms with Crippen molar-refractivity contribution in [2.24, 2.45) is 12.1 Å². The molecule has 1 amide bonds. The Morgan fingerprint density at radius 3 is 2.86 bits per heavy atom. The summed E-state index contributed by atoms with van der Waals surface area (Å²) in [7, 11) is 1.66. The summed E-state index contributed by atoms with van der Waals surface area (Å²) in [4.78, 5) is 11.8. The lowest BCUT2D eigenvalue weighted by molar-refractivity contribution is 0.0949. The molecule has 0 spiro atoms. The molecule has 0 aliphatic carbocycles. The SMILES string of the molecule is Cn1cc(Cl)c(C(=O)N/N=C/c2cc(I)cc(I)c2O)n1. The van der Waals surface area contributed by atoms with Crippen LogP contribution < -0.4 is 5.43 Å². The number of nitrogens with zero attached hydrogens (tertiary/aromatic N) is 3. The zero-order chi connectivity index (χ0) is 15.6. The van der Waals surface area contributed by atoms with Crippen molar-refractivity contribution < 1.29 is 9.90 Å². The van der Waals surface area contributed by atoms with Crippen LogP contribution in [0, 0.1) is 7.14 Å². The van der Waals surface area contributed by atoms with E-state index in [4.69, 9.17) is 11.6 Å². The smallest absolute Gasteiger partial charge is 0.293 e. The van der Waals surface area contributed by atoms with Crippen LogP contribution in [-0.4, -0.2) is 27.0 Å². The van der Waals surface area contributed by atoms with Gasteiger partial charge in [0.05, 0.1) is 14.8 Å². The highest BCUT2D eigenvalue weighted by molar-refractivity contribution is 14.1. The molecule has 1 aromatic carbocycles. The minimum atomic E-state index is -0.517. The molecule has 0 fully saturated rings. The number of carbonyl (C=O) groups is 1. The van der Waals surface area contributed by atoms with Gasteiger partial charge >= 0.3 is 0 Å². The van der Waals surface area contributed by atoms with Gasteiger partial charge in [-0.15, -0.1) is 0 Å². The molecule has 0 aliphatic rings. The Hall–Kier alpha value is -0.880. The number of hydrazone groups is 1. The van der Waals surface area contributed by atoms with Gasteiger partial charge in [-0.2, -0.15) is 10.2 Å². The molecule has 0 saturated heterocycles. The van der Waals surface area contributed by atoms with Crippen LogP contribution in [0.3, 0.4) is 0 Å². The highest BCUT2D eigenvalue weighted by Crippen LogP contribution is 2.25. The molecule has 110 valence electrons. The summed E-state index contributed by atoms with van der Waals surface area (Å²) in [6.07, 6.45) is 2.89. The van der Waals surface area contributed by atoms with Crippen molar-refractivity contribution >= 4 is 68.9 Å². The van der Waals surface area contributed by atoms with Gasteiger partial charge in [-0.3, -0.25) is 9.48 Å². The lowest BCUT2D eigenvalue weighted by atomic mass is 10.2. The quantitative estimate of drug-likeness (QED) is 0.364. The molecule has 0 atom stereocenters. The van der Waals surface area contributed by atoms with E-state index >= 15 is 0 Å². The number of aromatic hydroxyl groups is 1. The Kier molecular flexibility index (Phi) is 5.43. The maximum Gasteiger partial charge on any atom is 0.293 e. The van der Waals surface area contributed by atoms with Gasteiger partial charge in [-0.25, -0.2) is 5.43 Å². The minimum Gasteiger partial charge on any atom is -0.506 e. The van der Waals surface area contributed by atoms with Crippen molar-refractivity contribution in [2.45, 2.75) is 0 Å². The summed E-state index contributed by atoms with van der Waals surface area (Å²) in [6, 6.07) is 3.58. The highest BCUT2D eigenvalue weighted by atomic mass is 127. The number of amides is 1. The number of carbonyl (C=O) groups excluding carboxylic acids is 1. The number of aryl methyl sites for hydroxylation is 1. The Balaban J connectivity index is 2.13. The number of halogens is 3. The predicted molar refractivity (Wildman–Crippen MR) is 96.8 cm³/mol. The van der Waals surface area contributed by atoms with Gasteiger partial charge in [0.15, 0.2) is 5.69 Å². The molecule has 9 heteroatoms. The minimum absolute atomic E-state index is 0.0951. The average Bonchev–Trinajstić information content (AvgIpc) is 2.74. The van der Waals surface area contributed by atoms with Gasteiger partial charge in [-0.1, -0.05) is 11.6 Å². The molecule has 1 aromatic heterocycles. The lowest BCUT2D eigenvalue weighted by Gasteiger charge is -2.03. The molecule has 0 unspecified atom stereocenters. The Bertz CT molecular complexity index is 730. The van der Waals surface area contributed by atoms with Crippen molar-refractivity contribution in [3.8, 4) is 5.75 Å². The maximum atomic E-state index is 11.8. The molecule has 1 heterocycles. The maximum absolute atomic E-state index is 11.8. The molecule has 0 aliphatic heterocycles. The summed E-state index contributed by atoms with van der Waals surface area (Å²) < 4.78 is 3.10. The first-order valence-electron chi connectivity index (χ1n) is 5.59. The van der Waals surface area contributed by atoms with E-state index < -0.39 is 5.91 Å². The number of hydrogen-bond acceptors (Lipinski definition) is 4. The number of benzene rings is 1. The molecular formula is C12H9ClI2N4O2. The molecule has 0 bridgehead atoms. The van der Waals surface area contributed by atoms with E-state index in [-0.39, 0.29) is 16.5 Å². The summed E-state index contributed by atoms with van der Waals surface area (Å²) in [5, 5.41) is 17.9. The van der Waals surface area contributed by atoms with Crippen molar-refractivity contribution in [2.75, 3.05) is 0 Å². The Morgan fingerprint density at radius 1 is 1.52 bits per heavy atom. The van der Waals surface area contributed by atoms with Gasteiger partial charge in [0.25, 0.3) is 5.91 Å². The van der Waals surface area contributed by atoms with Gasteiger partial charge in [0.2, 0.25) is 0 Å². The molecule has 2 aromatic rings. The number of phenolic OH excluding ortho intramolecular Hbond substituents is 1. The topological polar surface area (TPSA) is 79.5 Å². The van der Waals surface area contributed by atoms with E-state index in [0.29, 0.717) is 9.13 Å². The zero-order valence-electron chi connectivity index (χ0n) is 10.6. The lowest BCUT2D eigenvalue weighted by Crippen LogP contribution is -2.18. The molecule has 6 nitrogen and oxygen atoms in total. The van der Waals surface area contributed by atoms with Crippen molar-refractivity contribution in [1.82, 2.24) is 15.2 Å². The molecule has 0 radical (unpaired) electrons. The van der Waals surface area contributed by atoms with E-state index in [1.54, 1.807) is 13.1 Å². The van der Waals surface area contributed by atoms with Gasteiger partial charge < -0.3 is 5.11 Å². The fraction of sp³-hybridized carbons (Fsp3) is 0.0833. The third-order valence-corrected chi connectivity index (χ3v) is 4.15. The number of rotatable bonds is 3. The molecule has 2 rings (SSSR count). The van der Waals surface area contributed by atoms with Crippen molar-refractivity contribution in [3.05, 3.63) is 41.7 Å². The van der Waals surface area contributed by atoms with Crippen LogP contribution in [0.4, 0.5) is 0 Å². The van der Waals surface area contributed by atoms with E-state index in [0.717, 1.165) is 3.57 Å². The summed E-state index contributed by atoms with van der Waals surface area (Å²) in [5.74, 6) is -0.401. The summed E-state index contributed by atoms with van der Waals surface area (Å²) in [5.41, 5.74) is 2.93. The normalized spacial score (nSPS) is 11.0. The second kappa shape index (κ2) is 6.92. The number of hydrogen-bond donors (Lipinski definition) is 2. The standard InChI is InChI=1S/C12H9ClI2N4O2/c1-19-5-8(13)10(18-19)12(21)17-16-4-6-2-7(14)3-9(15)11(6)20/h2-5,20H,1H3,(H,17,21)/b16-4+. The van der Waals surface area contributed by atoms with Gasteiger partial charge in [0.1, 0.15) is 5.75 Å². The van der Waals surface area contributed by atoms with Gasteiger partial charge in [0, 0.05) is 22.4 Å². The first-order chi connectivity index (χ1) is 9.88. The summed E-state index contributed by atoms with van der Waals surface area (Å²) in [6.45, 7) is 0. The van der Waals surface area contributed by atoms with Crippen LogP contribution in [0.1, 0.15) is 16.1 Å². The summed E-state index contributed by atoms with van der Waals surface area (Å²) >= 11 is 10.0. The van der Waals surface area contributed by atoms with Crippen LogP contribution in [0.2, 0.25) is 5.02 Å². The number of nitrogens with one attached hydrogen (secondary N) is 1. The van der Waals surface area contributed by atoms with Crippen molar-refractivity contribution in [3.63, 3.8) is 0 Å². The van der Waals surface area contributed by atoms with E-state index in [9.17, 15) is 9.90 Å². The van der Waals surface area contributed by atoms with Crippen LogP contribution in [0.5, 0.6) is 5.75 Å². The highest BCUT2D eigenvalue weighted by Gasteiger charge is 2.13. The largest absolute Gasteiger partial charge is 0.506 e. The fourth-order valence-electron chi connectivity index (χ4n) is 1.51. The molecule has 2 N–H and O–H groups in total. The van der Waals surface area contributed by atoms with E-state index in [1.165, 1.54) is 17.1 Å². The van der Waals surface area contributed by atoms with Crippen LogP contribution in [-0.2, 0) is 7.05 Å². The first kappa shape index (κ1) is 16.5. The number of phenols is 1.